The average Bonchev–Trinajstić information content (AvgIpc) is 2.86. The van der Waals surface area contributed by atoms with E-state index in [-0.39, 0.29) is 4.90 Å². The Hall–Kier alpha value is -1.66. The third kappa shape index (κ3) is 2.46. The van der Waals surface area contributed by atoms with Gasteiger partial charge in [0.25, 0.3) is 10.0 Å². The van der Waals surface area contributed by atoms with Crippen LogP contribution in [-0.4, -0.2) is 17.4 Å². The lowest BCUT2D eigenvalue weighted by Gasteiger charge is -2.07. The van der Waals surface area contributed by atoms with Crippen LogP contribution in [0.25, 0.3) is 11.0 Å². The van der Waals surface area contributed by atoms with Gasteiger partial charge in [0, 0.05) is 22.3 Å². The van der Waals surface area contributed by atoms with Gasteiger partial charge in [-0.15, -0.1) is 0 Å². The molecule has 0 aliphatic carbocycles. The molecule has 0 saturated carbocycles. The highest BCUT2D eigenvalue weighted by molar-refractivity contribution is 9.10. The molecule has 0 unspecified atom stereocenters. The Bertz CT molecular complexity index is 944. The van der Waals surface area contributed by atoms with Gasteiger partial charge in [-0.3, -0.25) is 0 Å². The number of rotatable bonds is 3. The Morgan fingerprint density at radius 1 is 1.23 bits per heavy atom. The van der Waals surface area contributed by atoms with Crippen LogP contribution in [0.2, 0.25) is 0 Å². The number of pyridine rings is 1. The lowest BCUT2D eigenvalue weighted by atomic mass is 10.2. The second-order valence-electron chi connectivity index (χ2n) is 5.15. The number of nitrogens with zero attached hydrogens (tertiary/aromatic N) is 2. The highest BCUT2D eigenvalue weighted by Gasteiger charge is 2.21. The smallest absolute Gasteiger partial charge is 0.236 e. The molecule has 3 aromatic rings. The zero-order valence-corrected chi connectivity index (χ0v) is 14.6. The van der Waals surface area contributed by atoms with Gasteiger partial charge < -0.3 is 0 Å². The summed E-state index contributed by atoms with van der Waals surface area (Å²) >= 11 is 3.39. The number of halogens is 1. The summed E-state index contributed by atoms with van der Waals surface area (Å²) in [5, 5.41) is 0.854. The Morgan fingerprint density at radius 2 is 1.91 bits per heavy atom. The van der Waals surface area contributed by atoms with Crippen LogP contribution in [0, 0.1) is 6.92 Å². The SMILES string of the molecule is CCc1cn(S(=O)(=O)c2ccc(C)cc2)c2ncc(Br)cc12. The largest absolute Gasteiger partial charge is 0.269 e. The molecule has 2 aromatic heterocycles. The number of hydrogen-bond donors (Lipinski definition) is 0. The highest BCUT2D eigenvalue weighted by atomic mass is 79.9. The van der Waals surface area contributed by atoms with Crippen LogP contribution in [0.1, 0.15) is 18.1 Å². The fourth-order valence-corrected chi connectivity index (χ4v) is 4.08. The molecule has 22 heavy (non-hydrogen) atoms. The second kappa shape index (κ2) is 5.52. The number of aromatic nitrogens is 2. The normalized spacial score (nSPS) is 12.0. The van der Waals surface area contributed by atoms with E-state index in [0.717, 1.165) is 27.4 Å². The van der Waals surface area contributed by atoms with Crippen molar-refractivity contribution in [2.75, 3.05) is 0 Å². The van der Waals surface area contributed by atoms with Crippen LogP contribution in [0.5, 0.6) is 0 Å². The van der Waals surface area contributed by atoms with E-state index >= 15 is 0 Å². The summed E-state index contributed by atoms with van der Waals surface area (Å²) in [6.45, 7) is 3.92. The van der Waals surface area contributed by atoms with Crippen molar-refractivity contribution in [1.29, 1.82) is 0 Å². The van der Waals surface area contributed by atoms with E-state index in [9.17, 15) is 8.42 Å². The summed E-state index contributed by atoms with van der Waals surface area (Å²) in [5.41, 5.74) is 2.44. The summed E-state index contributed by atoms with van der Waals surface area (Å²) in [5.74, 6) is 0. The van der Waals surface area contributed by atoms with E-state index in [1.54, 1.807) is 36.7 Å². The van der Waals surface area contributed by atoms with Gasteiger partial charge in [-0.25, -0.2) is 17.4 Å². The third-order valence-corrected chi connectivity index (χ3v) is 5.72. The second-order valence-corrected chi connectivity index (χ2v) is 7.88. The maximum atomic E-state index is 12.9. The first-order valence-electron chi connectivity index (χ1n) is 6.91. The minimum Gasteiger partial charge on any atom is -0.236 e. The molecule has 0 radical (unpaired) electrons. The van der Waals surface area contributed by atoms with Gasteiger partial charge in [-0.05, 0) is 53.0 Å². The van der Waals surface area contributed by atoms with E-state index in [4.69, 9.17) is 0 Å². The average molecular weight is 379 g/mol. The molecule has 0 aliphatic heterocycles. The fraction of sp³-hybridized carbons (Fsp3) is 0.188. The molecule has 0 aliphatic rings. The Morgan fingerprint density at radius 3 is 2.55 bits per heavy atom. The van der Waals surface area contributed by atoms with E-state index in [0.29, 0.717) is 5.65 Å². The monoisotopic (exact) mass is 378 g/mol. The maximum absolute atomic E-state index is 12.9. The molecule has 1 aromatic carbocycles. The first kappa shape index (κ1) is 15.2. The number of fused-ring (bicyclic) bond motifs is 1. The third-order valence-electron chi connectivity index (χ3n) is 3.62. The van der Waals surface area contributed by atoms with Crippen molar-refractivity contribution >= 4 is 37.0 Å². The molecule has 2 heterocycles. The maximum Gasteiger partial charge on any atom is 0.269 e. The molecule has 0 atom stereocenters. The zero-order valence-electron chi connectivity index (χ0n) is 12.2. The van der Waals surface area contributed by atoms with Crippen LogP contribution in [0.3, 0.4) is 0 Å². The predicted molar refractivity (Wildman–Crippen MR) is 90.6 cm³/mol. The standard InChI is InChI=1S/C16H15BrN2O2S/c1-3-12-10-19(16-15(12)8-13(17)9-18-16)22(20,21)14-6-4-11(2)5-7-14/h4-10H,3H2,1-2H3. The summed E-state index contributed by atoms with van der Waals surface area (Å²) in [6, 6.07) is 8.75. The summed E-state index contributed by atoms with van der Waals surface area (Å²) in [7, 11) is -3.65. The topological polar surface area (TPSA) is 52.0 Å². The number of aryl methyl sites for hydroxylation is 2. The predicted octanol–water partition coefficient (Wildman–Crippen LogP) is 3.91. The van der Waals surface area contributed by atoms with E-state index in [1.807, 2.05) is 19.9 Å². The van der Waals surface area contributed by atoms with E-state index in [2.05, 4.69) is 20.9 Å². The van der Waals surface area contributed by atoms with Crippen molar-refractivity contribution in [2.45, 2.75) is 25.2 Å². The summed E-state index contributed by atoms with van der Waals surface area (Å²) < 4.78 is 27.9. The fourth-order valence-electron chi connectivity index (χ4n) is 2.40. The summed E-state index contributed by atoms with van der Waals surface area (Å²) in [4.78, 5) is 4.56. The van der Waals surface area contributed by atoms with Crippen LogP contribution < -0.4 is 0 Å². The molecule has 3 rings (SSSR count). The molecular weight excluding hydrogens is 364 g/mol. The van der Waals surface area contributed by atoms with Crippen molar-refractivity contribution in [3.63, 3.8) is 0 Å². The van der Waals surface area contributed by atoms with Gasteiger partial charge in [0.15, 0.2) is 5.65 Å². The molecular formula is C16H15BrN2O2S. The number of benzene rings is 1. The van der Waals surface area contributed by atoms with Crippen molar-refractivity contribution < 1.29 is 8.42 Å². The molecule has 114 valence electrons. The molecule has 0 saturated heterocycles. The molecule has 0 N–H and O–H groups in total. The zero-order chi connectivity index (χ0) is 15.9. The van der Waals surface area contributed by atoms with Crippen LogP contribution in [0.4, 0.5) is 0 Å². The van der Waals surface area contributed by atoms with Crippen molar-refractivity contribution in [1.82, 2.24) is 8.96 Å². The van der Waals surface area contributed by atoms with Crippen LogP contribution in [0.15, 0.2) is 52.1 Å². The Kier molecular flexibility index (Phi) is 3.82. The van der Waals surface area contributed by atoms with Crippen LogP contribution in [-0.2, 0) is 16.4 Å². The lowest BCUT2D eigenvalue weighted by Crippen LogP contribution is -2.12. The lowest BCUT2D eigenvalue weighted by molar-refractivity contribution is 0.588. The van der Waals surface area contributed by atoms with Gasteiger partial charge in [0.2, 0.25) is 0 Å². The molecule has 0 fully saturated rings. The van der Waals surface area contributed by atoms with Crippen molar-refractivity contribution in [2.24, 2.45) is 0 Å². The quantitative estimate of drug-likeness (QED) is 0.694. The molecule has 0 bridgehead atoms. The van der Waals surface area contributed by atoms with Gasteiger partial charge in [-0.2, -0.15) is 0 Å². The minimum atomic E-state index is -3.65. The highest BCUT2D eigenvalue weighted by Crippen LogP contribution is 2.27. The number of hydrogen-bond acceptors (Lipinski definition) is 3. The minimum absolute atomic E-state index is 0.266. The first-order chi connectivity index (χ1) is 10.4. The Labute approximate surface area is 138 Å². The molecule has 0 spiro atoms. The Balaban J connectivity index is 2.27. The van der Waals surface area contributed by atoms with E-state index in [1.165, 1.54) is 3.97 Å². The van der Waals surface area contributed by atoms with Gasteiger partial charge in [0.05, 0.1) is 4.90 Å². The van der Waals surface area contributed by atoms with Gasteiger partial charge in [0.1, 0.15) is 0 Å². The van der Waals surface area contributed by atoms with Crippen LogP contribution >= 0.6 is 15.9 Å². The van der Waals surface area contributed by atoms with Crippen molar-refractivity contribution in [3.05, 3.63) is 58.3 Å². The van der Waals surface area contributed by atoms with Gasteiger partial charge >= 0.3 is 0 Å². The molecule has 4 nitrogen and oxygen atoms in total. The molecule has 0 amide bonds. The molecule has 6 heteroatoms. The van der Waals surface area contributed by atoms with Crippen molar-refractivity contribution in [3.8, 4) is 0 Å². The van der Waals surface area contributed by atoms with E-state index < -0.39 is 10.0 Å². The first-order valence-corrected chi connectivity index (χ1v) is 9.14. The summed E-state index contributed by atoms with van der Waals surface area (Å²) in [6.07, 6.45) is 4.02. The van der Waals surface area contributed by atoms with Gasteiger partial charge in [-0.1, -0.05) is 24.6 Å².